The van der Waals surface area contributed by atoms with Crippen molar-refractivity contribution in [3.63, 3.8) is 0 Å². The molecule has 1 aromatic heterocycles. The molecule has 2 aromatic carbocycles. The van der Waals surface area contributed by atoms with Crippen molar-refractivity contribution in [1.82, 2.24) is 4.98 Å². The average Bonchev–Trinajstić information content (AvgIpc) is 2.76. The Balaban J connectivity index is 1.77. The number of esters is 1. The van der Waals surface area contributed by atoms with Gasteiger partial charge in [0, 0.05) is 16.8 Å². The smallest absolute Gasteiger partial charge is 0.339 e. The predicted molar refractivity (Wildman–Crippen MR) is 120 cm³/mol. The minimum absolute atomic E-state index is 0.322. The fourth-order valence-corrected chi connectivity index (χ4v) is 3.62. The van der Waals surface area contributed by atoms with E-state index in [-0.39, 0.29) is 12.5 Å². The molecule has 0 saturated heterocycles. The molecule has 30 heavy (non-hydrogen) atoms. The van der Waals surface area contributed by atoms with Gasteiger partial charge in [0.15, 0.2) is 6.61 Å². The largest absolute Gasteiger partial charge is 0.452 e. The maximum atomic E-state index is 12.9. The van der Waals surface area contributed by atoms with E-state index in [9.17, 15) is 9.59 Å². The van der Waals surface area contributed by atoms with Crippen molar-refractivity contribution in [2.75, 3.05) is 11.9 Å². The van der Waals surface area contributed by atoms with E-state index in [0.717, 1.165) is 39.8 Å². The molecule has 0 unspecified atom stereocenters. The van der Waals surface area contributed by atoms with Crippen LogP contribution >= 0.6 is 0 Å². The molecule has 5 nitrogen and oxygen atoms in total. The highest BCUT2D eigenvalue weighted by atomic mass is 16.5. The molecule has 3 rings (SSSR count). The van der Waals surface area contributed by atoms with Gasteiger partial charge >= 0.3 is 5.97 Å². The Kier molecular flexibility index (Phi) is 6.83. The van der Waals surface area contributed by atoms with Gasteiger partial charge in [0.05, 0.1) is 11.1 Å². The second kappa shape index (κ2) is 9.53. The normalized spacial score (nSPS) is 11.9. The summed E-state index contributed by atoms with van der Waals surface area (Å²) in [4.78, 5) is 30.0. The van der Waals surface area contributed by atoms with Gasteiger partial charge in [0.1, 0.15) is 0 Å². The number of amides is 1. The Morgan fingerprint density at radius 3 is 2.50 bits per heavy atom. The molecule has 1 heterocycles. The standard InChI is InChI=1S/C25H28N2O3/c1-5-16(3)18-11-7-9-13-21(18)27-23(28)15-30-25(29)24-17(4)20(6-2)26-22-14-10-8-12-19(22)24/h7-14,16H,5-6,15H2,1-4H3,(H,27,28)/t16-/m0/s1. The number of hydrogen-bond donors (Lipinski definition) is 1. The van der Waals surface area contributed by atoms with E-state index < -0.39 is 5.97 Å². The van der Waals surface area contributed by atoms with Gasteiger partial charge in [0.2, 0.25) is 0 Å². The third-order valence-electron chi connectivity index (χ3n) is 5.49. The van der Waals surface area contributed by atoms with Gasteiger partial charge in [-0.3, -0.25) is 9.78 Å². The molecule has 0 fully saturated rings. The predicted octanol–water partition coefficient (Wildman–Crippen LogP) is 5.41. The van der Waals surface area contributed by atoms with Crippen LogP contribution in [0.3, 0.4) is 0 Å². The van der Waals surface area contributed by atoms with Gasteiger partial charge in [-0.15, -0.1) is 0 Å². The number of anilines is 1. The molecule has 0 radical (unpaired) electrons. The first-order chi connectivity index (χ1) is 14.5. The molecule has 1 N–H and O–H groups in total. The molecule has 0 aliphatic heterocycles. The van der Waals surface area contributed by atoms with Crippen molar-refractivity contribution in [3.8, 4) is 0 Å². The summed E-state index contributed by atoms with van der Waals surface area (Å²) in [5.74, 6) is -0.542. The number of benzene rings is 2. The van der Waals surface area contributed by atoms with Crippen molar-refractivity contribution in [3.05, 3.63) is 70.9 Å². The van der Waals surface area contributed by atoms with Crippen LogP contribution in [0.15, 0.2) is 48.5 Å². The van der Waals surface area contributed by atoms with Gasteiger partial charge in [-0.2, -0.15) is 0 Å². The first-order valence-electron chi connectivity index (χ1n) is 10.4. The molecule has 1 atom stereocenters. The van der Waals surface area contributed by atoms with Crippen LogP contribution in [0.25, 0.3) is 10.9 Å². The van der Waals surface area contributed by atoms with Crippen LogP contribution in [0.2, 0.25) is 0 Å². The molecule has 0 spiro atoms. The van der Waals surface area contributed by atoms with Gasteiger partial charge in [0.25, 0.3) is 5.91 Å². The van der Waals surface area contributed by atoms with Gasteiger partial charge in [-0.05, 0) is 48.9 Å². The minimum Gasteiger partial charge on any atom is -0.452 e. The first-order valence-corrected chi connectivity index (χ1v) is 10.4. The lowest BCUT2D eigenvalue weighted by Crippen LogP contribution is -2.22. The molecule has 0 aliphatic carbocycles. The fourth-order valence-electron chi connectivity index (χ4n) is 3.62. The van der Waals surface area contributed by atoms with Crippen molar-refractivity contribution in [2.24, 2.45) is 0 Å². The Hall–Kier alpha value is -3.21. The zero-order valence-corrected chi connectivity index (χ0v) is 18.0. The summed E-state index contributed by atoms with van der Waals surface area (Å²) in [5, 5.41) is 3.61. The third kappa shape index (κ3) is 4.51. The summed E-state index contributed by atoms with van der Waals surface area (Å²) in [6.45, 7) is 7.76. The zero-order chi connectivity index (χ0) is 21.7. The van der Waals surface area contributed by atoms with E-state index in [1.54, 1.807) is 0 Å². The summed E-state index contributed by atoms with van der Waals surface area (Å²) in [6.07, 6.45) is 1.68. The van der Waals surface area contributed by atoms with E-state index in [1.165, 1.54) is 0 Å². The number of ether oxygens (including phenoxy) is 1. The number of hydrogen-bond acceptors (Lipinski definition) is 4. The molecular formula is C25H28N2O3. The maximum absolute atomic E-state index is 12.9. The van der Waals surface area contributed by atoms with Crippen LogP contribution in [0.5, 0.6) is 0 Å². The average molecular weight is 405 g/mol. The highest BCUT2D eigenvalue weighted by molar-refractivity contribution is 6.06. The summed E-state index contributed by atoms with van der Waals surface area (Å²) >= 11 is 0. The molecule has 156 valence electrons. The minimum atomic E-state index is -0.508. The number of aryl methyl sites for hydroxylation is 1. The van der Waals surface area contributed by atoms with Crippen LogP contribution < -0.4 is 5.32 Å². The lowest BCUT2D eigenvalue weighted by molar-refractivity contribution is -0.119. The van der Waals surface area contributed by atoms with E-state index in [1.807, 2.05) is 62.4 Å². The number of pyridine rings is 1. The Morgan fingerprint density at radius 1 is 1.07 bits per heavy atom. The monoisotopic (exact) mass is 404 g/mol. The number of para-hydroxylation sites is 2. The number of aromatic nitrogens is 1. The number of nitrogens with zero attached hydrogens (tertiary/aromatic N) is 1. The maximum Gasteiger partial charge on any atom is 0.339 e. The number of rotatable bonds is 7. The van der Waals surface area contributed by atoms with Crippen LogP contribution in [-0.2, 0) is 16.0 Å². The second-order valence-corrected chi connectivity index (χ2v) is 7.45. The van der Waals surface area contributed by atoms with Crippen molar-refractivity contribution < 1.29 is 14.3 Å². The molecule has 5 heteroatoms. The van der Waals surface area contributed by atoms with Gasteiger partial charge in [-0.25, -0.2) is 4.79 Å². The molecule has 0 aliphatic rings. The third-order valence-corrected chi connectivity index (χ3v) is 5.49. The van der Waals surface area contributed by atoms with Gasteiger partial charge < -0.3 is 10.1 Å². The molecular weight excluding hydrogens is 376 g/mol. The Labute approximate surface area is 177 Å². The number of carbonyl (C=O) groups is 2. The van der Waals surface area contributed by atoms with E-state index in [0.29, 0.717) is 17.9 Å². The zero-order valence-electron chi connectivity index (χ0n) is 18.0. The molecule has 0 saturated carbocycles. The summed E-state index contributed by atoms with van der Waals surface area (Å²) in [5.41, 5.74) is 4.70. The number of carbonyl (C=O) groups excluding carboxylic acids is 2. The SMILES string of the molecule is CCc1nc2ccccc2c(C(=O)OCC(=O)Nc2ccccc2[C@@H](C)CC)c1C. The van der Waals surface area contributed by atoms with Crippen molar-refractivity contribution in [1.29, 1.82) is 0 Å². The lowest BCUT2D eigenvalue weighted by atomic mass is 9.97. The fraction of sp³-hybridized carbons (Fsp3) is 0.320. The number of fused-ring (bicyclic) bond motifs is 1. The van der Waals surface area contributed by atoms with Crippen LogP contribution in [0.4, 0.5) is 5.69 Å². The lowest BCUT2D eigenvalue weighted by Gasteiger charge is -2.16. The molecule has 3 aromatic rings. The highest BCUT2D eigenvalue weighted by Gasteiger charge is 2.20. The van der Waals surface area contributed by atoms with E-state index in [2.05, 4.69) is 24.1 Å². The topological polar surface area (TPSA) is 68.3 Å². The van der Waals surface area contributed by atoms with E-state index >= 15 is 0 Å². The highest BCUT2D eigenvalue weighted by Crippen LogP contribution is 2.27. The van der Waals surface area contributed by atoms with E-state index in [4.69, 9.17) is 4.74 Å². The van der Waals surface area contributed by atoms with Crippen molar-refractivity contribution in [2.45, 2.75) is 46.5 Å². The van der Waals surface area contributed by atoms with Crippen LogP contribution in [0.1, 0.15) is 60.3 Å². The molecule has 0 bridgehead atoms. The number of nitrogens with one attached hydrogen (secondary N) is 1. The quantitative estimate of drug-likeness (QED) is 0.534. The Morgan fingerprint density at radius 2 is 1.77 bits per heavy atom. The molecule has 1 amide bonds. The van der Waals surface area contributed by atoms with Crippen molar-refractivity contribution >= 4 is 28.5 Å². The second-order valence-electron chi connectivity index (χ2n) is 7.45. The van der Waals surface area contributed by atoms with Crippen LogP contribution in [-0.4, -0.2) is 23.5 Å². The summed E-state index contributed by atoms with van der Waals surface area (Å²) in [6, 6.07) is 15.2. The Bertz CT molecular complexity index is 1080. The first kappa shape index (κ1) is 21.5. The van der Waals surface area contributed by atoms with Crippen LogP contribution in [0, 0.1) is 6.92 Å². The summed E-state index contributed by atoms with van der Waals surface area (Å²) in [7, 11) is 0. The summed E-state index contributed by atoms with van der Waals surface area (Å²) < 4.78 is 5.40. The van der Waals surface area contributed by atoms with Gasteiger partial charge in [-0.1, -0.05) is 57.2 Å².